The fraction of sp³-hybridized carbons (Fsp3) is 0.0208. The van der Waals surface area contributed by atoms with Gasteiger partial charge in [0.1, 0.15) is 0 Å². The van der Waals surface area contributed by atoms with Crippen molar-refractivity contribution < 1.29 is 0 Å². The largest absolute Gasteiger partial charge is 0.309 e. The van der Waals surface area contributed by atoms with Crippen LogP contribution in [0.5, 0.6) is 0 Å². The maximum atomic E-state index is 5.50. The van der Waals surface area contributed by atoms with Crippen molar-refractivity contribution in [2.45, 2.75) is 17.8 Å². The summed E-state index contributed by atoms with van der Waals surface area (Å²) in [5.74, 6) is 0. The van der Waals surface area contributed by atoms with Crippen LogP contribution in [0, 0.1) is 6.92 Å². The molecule has 1 spiro atoms. The van der Waals surface area contributed by atoms with E-state index in [0.717, 1.165) is 61.7 Å². The lowest BCUT2D eigenvalue weighted by atomic mass is 9.67. The summed E-state index contributed by atoms with van der Waals surface area (Å²) in [5, 5.41) is 26.0. The Hall–Kier alpha value is -19.5. The average molecular weight is 1900 g/mol. The second-order valence-corrected chi connectivity index (χ2v) is 40.5. The Balaban J connectivity index is 0.000000103. The van der Waals surface area contributed by atoms with Gasteiger partial charge < -0.3 is 13.7 Å². The number of pyridine rings is 3. The summed E-state index contributed by atoms with van der Waals surface area (Å²) >= 11 is 0. The Kier molecular flexibility index (Phi) is 18.8. The van der Waals surface area contributed by atoms with Gasteiger partial charge in [-0.3, -0.25) is 0 Å². The Bertz CT molecular complexity index is 10300. The van der Waals surface area contributed by atoms with E-state index < -0.39 is 10.8 Å². The van der Waals surface area contributed by atoms with Gasteiger partial charge in [-0.2, -0.15) is 0 Å². The van der Waals surface area contributed by atoms with Gasteiger partial charge in [-0.05, 0) is 261 Å². The zero-order valence-electron chi connectivity index (χ0n) is 81.9. The third kappa shape index (κ3) is 12.5. The van der Waals surface area contributed by atoms with Crippen LogP contribution in [0.4, 0.5) is 0 Å². The van der Waals surface area contributed by atoms with Crippen LogP contribution in [0.2, 0.25) is 0 Å². The lowest BCUT2D eigenvalue weighted by molar-refractivity contribution is 0.768. The van der Waals surface area contributed by atoms with Crippen LogP contribution in [-0.4, -0.2) is 28.7 Å². The monoisotopic (exact) mass is 1900 g/mol. The lowest BCUT2D eigenvalue weighted by Gasteiger charge is -2.34. The molecule has 0 N–H and O–H groups in total. The van der Waals surface area contributed by atoms with Crippen LogP contribution in [0.15, 0.2) is 528 Å². The number of hydrogen-bond donors (Lipinski definition) is 0. The van der Waals surface area contributed by atoms with Crippen molar-refractivity contribution in [3.63, 3.8) is 0 Å². The van der Waals surface area contributed by atoms with Crippen LogP contribution in [0.25, 0.3) is 247 Å². The number of benzene rings is 24. The van der Waals surface area contributed by atoms with Crippen LogP contribution in [0.1, 0.15) is 50.1 Å². The maximum Gasteiger partial charge on any atom is 0.0794 e. The fourth-order valence-corrected chi connectivity index (χ4v) is 26.5. The molecule has 3 aliphatic rings. The van der Waals surface area contributed by atoms with Gasteiger partial charge in [0.25, 0.3) is 0 Å². The number of aryl methyl sites for hydroxylation is 1. The number of para-hydroxylation sites is 5. The summed E-state index contributed by atoms with van der Waals surface area (Å²) < 4.78 is 7.26. The van der Waals surface area contributed by atoms with Crippen LogP contribution in [0.3, 0.4) is 0 Å². The molecule has 0 radical (unpaired) electrons. The molecule has 0 saturated heterocycles. The van der Waals surface area contributed by atoms with Crippen molar-refractivity contribution in [1.29, 1.82) is 0 Å². The van der Waals surface area contributed by atoms with E-state index in [1.54, 1.807) is 0 Å². The van der Waals surface area contributed by atoms with Gasteiger partial charge in [-0.1, -0.05) is 406 Å². The number of rotatable bonds is 8. The highest BCUT2D eigenvalue weighted by atomic mass is 15.0. The Morgan fingerprint density at radius 3 is 0.787 bits per heavy atom. The van der Waals surface area contributed by atoms with E-state index >= 15 is 0 Å². The summed E-state index contributed by atoms with van der Waals surface area (Å²) in [4.78, 5) is 16.3. The van der Waals surface area contributed by atoms with Gasteiger partial charge in [0.05, 0.1) is 77.6 Å². The third-order valence-electron chi connectivity index (χ3n) is 32.9. The lowest BCUT2D eigenvalue weighted by Crippen LogP contribution is -2.28. The molecule has 24 aromatic carbocycles. The molecule has 30 aromatic rings. The minimum absolute atomic E-state index is 0.498. The normalized spacial score (nSPS) is 12.9. The molecule has 0 fully saturated rings. The molecule has 6 heterocycles. The van der Waals surface area contributed by atoms with E-state index in [-0.39, 0.29) is 0 Å². The van der Waals surface area contributed by atoms with Gasteiger partial charge in [-0.25, -0.2) is 15.0 Å². The summed E-state index contributed by atoms with van der Waals surface area (Å²) in [5.41, 5.74) is 38.4. The van der Waals surface area contributed by atoms with Crippen molar-refractivity contribution in [3.8, 4) is 84.2 Å². The van der Waals surface area contributed by atoms with Crippen molar-refractivity contribution in [2.24, 2.45) is 0 Å². The molecule has 6 aromatic heterocycles. The Labute approximate surface area is 864 Å². The van der Waals surface area contributed by atoms with Gasteiger partial charge >= 0.3 is 0 Å². The molecule has 0 bridgehead atoms. The summed E-state index contributed by atoms with van der Waals surface area (Å²) in [6.07, 6.45) is 0. The average Bonchev–Trinajstić information content (AvgIpc) is 1.52. The zero-order valence-corrected chi connectivity index (χ0v) is 81.9. The summed E-state index contributed by atoms with van der Waals surface area (Å²) in [6, 6.07) is 193. The van der Waals surface area contributed by atoms with Crippen LogP contribution in [-0.2, 0) is 10.8 Å². The second-order valence-electron chi connectivity index (χ2n) is 40.5. The van der Waals surface area contributed by atoms with Gasteiger partial charge in [0, 0.05) is 98.4 Å². The smallest absolute Gasteiger partial charge is 0.0794 e. The molecular formula is C144H90N6. The van der Waals surface area contributed by atoms with Gasteiger partial charge in [0.15, 0.2) is 0 Å². The third-order valence-corrected chi connectivity index (χ3v) is 32.9. The van der Waals surface area contributed by atoms with Gasteiger partial charge in [0.2, 0.25) is 0 Å². The highest BCUT2D eigenvalue weighted by molar-refractivity contribution is 6.28. The molecule has 33 rings (SSSR count). The molecule has 0 amide bonds. The van der Waals surface area contributed by atoms with Crippen molar-refractivity contribution >= 4 is 163 Å². The summed E-state index contributed by atoms with van der Waals surface area (Å²) in [7, 11) is 0. The van der Waals surface area contributed by atoms with E-state index in [1.807, 2.05) is 0 Å². The summed E-state index contributed by atoms with van der Waals surface area (Å²) in [6.45, 7) is 2.16. The SMILES string of the molecule is Cc1ccc2c(c1)c1ccccc1n2-c1cccc(-c2ccc3c4ccccc4c4ccccc4c3n2)c1.c1ccc(C2(c3ccccc3)c3cc(-c4ccc5c6ccccc6c6ccccc6c5n4)ccc3-c3ccc(-n4c5ccccc5c5ccccc54)cc32)cc1.c1ccc2c(c1)-c1ccccc1C21c2cc(-c3ccc4c5ccccc5c5ccccc5c4n3)ccc2-c2ccc(-n3c4ccccc4c4ccccc43)cc21. The first-order chi connectivity index (χ1) is 74.3. The van der Waals surface area contributed by atoms with Crippen LogP contribution >= 0.6 is 0 Å². The topological polar surface area (TPSA) is 53.5 Å². The van der Waals surface area contributed by atoms with E-state index in [1.165, 1.54) is 235 Å². The predicted octanol–water partition coefficient (Wildman–Crippen LogP) is 36.9. The molecule has 0 unspecified atom stereocenters. The van der Waals surface area contributed by atoms with Crippen molar-refractivity contribution in [1.82, 2.24) is 28.7 Å². The molecule has 150 heavy (non-hydrogen) atoms. The Morgan fingerprint density at radius 1 is 0.153 bits per heavy atom. The molecule has 0 aliphatic heterocycles. The van der Waals surface area contributed by atoms with Crippen LogP contribution < -0.4 is 0 Å². The molecule has 0 saturated carbocycles. The molecule has 0 atom stereocenters. The molecular weight excluding hydrogens is 1810 g/mol. The first-order valence-electron chi connectivity index (χ1n) is 51.9. The molecule has 6 heteroatoms. The molecule has 696 valence electrons. The molecule has 3 aliphatic carbocycles. The highest BCUT2D eigenvalue weighted by Gasteiger charge is 2.53. The van der Waals surface area contributed by atoms with Crippen molar-refractivity contribution in [2.75, 3.05) is 0 Å². The van der Waals surface area contributed by atoms with Crippen molar-refractivity contribution in [3.05, 3.63) is 578 Å². The second kappa shape index (κ2) is 33.3. The highest BCUT2D eigenvalue weighted by Crippen LogP contribution is 2.65. The minimum Gasteiger partial charge on any atom is -0.309 e. The molecule has 6 nitrogen and oxygen atoms in total. The van der Waals surface area contributed by atoms with E-state index in [2.05, 4.69) is 548 Å². The van der Waals surface area contributed by atoms with E-state index in [0.29, 0.717) is 0 Å². The standard InChI is InChI=1S/C54H32N2.C54H34N2.C36H24N2/c1-2-15-37-35(13-1)36-14-3-4-20-44(36)53-45(37)29-30-50(55-53)33-25-27-40-41-28-26-34(56-51-23-11-7-18-42(51)43-19-8-12-24-52(43)56)32-49(41)54(48(40)31-33)46-21-9-5-16-38(46)39-17-6-10-22-47(39)54;1-3-15-36(16-4-1)54(37-17-5-2-6-18-37)48-33-35(50-32-31-47-41-21-8-7-19-39(41)40-20-9-10-24-46(40)53(47)55-50)27-29-42(48)43-30-28-38(34-49(43)54)56-51-25-13-11-22-44(51)45-23-12-14-26-52(45)56;1-23-17-20-35-32(21-23)29-14-6-7-16-34(29)38(35)25-10-8-9-24(22-25)33-19-18-31-28-13-3-2-11-26(28)27-12-4-5-15-30(27)36(31)37-33/h1-32H;1-34H;2-22H,1H3. The number of fused-ring (bicyclic) bond motifs is 40. The Morgan fingerprint density at radius 2 is 0.413 bits per heavy atom. The number of nitrogens with zero attached hydrogens (tertiary/aromatic N) is 6. The van der Waals surface area contributed by atoms with E-state index in [4.69, 9.17) is 15.0 Å². The number of hydrogen-bond acceptors (Lipinski definition) is 3. The fourth-order valence-electron chi connectivity index (χ4n) is 26.5. The predicted molar refractivity (Wildman–Crippen MR) is 628 cm³/mol. The zero-order chi connectivity index (χ0) is 98.5. The first-order valence-corrected chi connectivity index (χ1v) is 51.9. The van der Waals surface area contributed by atoms with Gasteiger partial charge in [-0.15, -0.1) is 0 Å². The minimum atomic E-state index is -0.572. The van der Waals surface area contributed by atoms with E-state index in [9.17, 15) is 0 Å². The quantitative estimate of drug-likeness (QED) is 0.143. The first kappa shape index (κ1) is 84.9. The maximum absolute atomic E-state index is 5.50. The number of aromatic nitrogens is 6.